The van der Waals surface area contributed by atoms with Gasteiger partial charge in [-0.2, -0.15) is 13.2 Å². The molecular formula is C27H29F3N4O5. The Morgan fingerprint density at radius 1 is 1.03 bits per heavy atom. The van der Waals surface area contributed by atoms with Gasteiger partial charge in [-0.15, -0.1) is 0 Å². The minimum Gasteiger partial charge on any atom is -0.478 e. The van der Waals surface area contributed by atoms with Crippen LogP contribution >= 0.6 is 0 Å². The van der Waals surface area contributed by atoms with Gasteiger partial charge in [-0.05, 0) is 48.2 Å². The Morgan fingerprint density at radius 2 is 1.67 bits per heavy atom. The Morgan fingerprint density at radius 3 is 2.23 bits per heavy atom. The van der Waals surface area contributed by atoms with Crippen LogP contribution in [0.5, 0.6) is 0 Å². The number of unbranched alkanes of at least 4 members (excludes halogenated alkanes) is 1. The first-order valence-electron chi connectivity index (χ1n) is 12.3. The number of carbonyl (C=O) groups excluding carboxylic acids is 2. The van der Waals surface area contributed by atoms with Crippen LogP contribution in [0, 0.1) is 0 Å². The number of nitrogens with zero attached hydrogens (tertiary/aromatic N) is 2. The number of nitrogens with one attached hydrogen (secondary N) is 2. The molecule has 0 aliphatic heterocycles. The summed E-state index contributed by atoms with van der Waals surface area (Å²) in [4.78, 5) is 40.8. The Labute approximate surface area is 222 Å². The van der Waals surface area contributed by atoms with Crippen molar-refractivity contribution in [1.29, 1.82) is 0 Å². The van der Waals surface area contributed by atoms with Crippen LogP contribution in [0.4, 0.5) is 13.2 Å². The lowest BCUT2D eigenvalue weighted by Gasteiger charge is -2.19. The molecule has 39 heavy (non-hydrogen) atoms. The number of carboxylic acids is 1. The average molecular weight is 547 g/mol. The summed E-state index contributed by atoms with van der Waals surface area (Å²) < 4.78 is 40.5. The fraction of sp³-hybridized carbons (Fsp3) is 0.333. The van der Waals surface area contributed by atoms with Gasteiger partial charge in [0.1, 0.15) is 11.5 Å². The van der Waals surface area contributed by atoms with Gasteiger partial charge < -0.3 is 15.0 Å². The van der Waals surface area contributed by atoms with Gasteiger partial charge in [0.15, 0.2) is 0 Å². The van der Waals surface area contributed by atoms with E-state index in [0.717, 1.165) is 30.5 Å². The topological polar surface area (TPSA) is 134 Å². The van der Waals surface area contributed by atoms with Crippen LogP contribution in [0.2, 0.25) is 0 Å². The molecule has 0 saturated heterocycles. The van der Waals surface area contributed by atoms with Gasteiger partial charge >= 0.3 is 12.1 Å². The Bertz CT molecular complexity index is 1290. The second-order valence-electron chi connectivity index (χ2n) is 9.06. The van der Waals surface area contributed by atoms with Crippen LogP contribution in [-0.2, 0) is 30.4 Å². The molecule has 0 aliphatic carbocycles. The normalized spacial score (nSPS) is 12.1. The summed E-state index contributed by atoms with van der Waals surface area (Å²) in [6.07, 6.45) is -1.06. The molecule has 3 aromatic rings. The van der Waals surface area contributed by atoms with Crippen LogP contribution in [0.15, 0.2) is 54.7 Å². The smallest absolute Gasteiger partial charge is 0.416 e. The van der Waals surface area contributed by atoms with Crippen molar-refractivity contribution in [2.75, 3.05) is 0 Å². The largest absolute Gasteiger partial charge is 0.478 e. The summed E-state index contributed by atoms with van der Waals surface area (Å²) in [5.74, 6) is -1.74. The zero-order chi connectivity index (χ0) is 28.6. The van der Waals surface area contributed by atoms with E-state index in [-0.39, 0.29) is 30.6 Å². The number of hydroxylamine groups is 1. The molecule has 9 nitrogen and oxygen atoms in total. The van der Waals surface area contributed by atoms with Crippen LogP contribution in [0.1, 0.15) is 69.5 Å². The third-order valence-corrected chi connectivity index (χ3v) is 6.12. The number of alkyl halides is 3. The maximum Gasteiger partial charge on any atom is 0.416 e. The third kappa shape index (κ3) is 8.14. The van der Waals surface area contributed by atoms with Crippen LogP contribution in [0.3, 0.4) is 0 Å². The highest BCUT2D eigenvalue weighted by Crippen LogP contribution is 2.29. The van der Waals surface area contributed by atoms with E-state index in [0.29, 0.717) is 17.8 Å². The molecule has 0 spiro atoms. The highest BCUT2D eigenvalue weighted by atomic mass is 19.4. The van der Waals surface area contributed by atoms with Crippen molar-refractivity contribution in [1.82, 2.24) is 20.3 Å². The van der Waals surface area contributed by atoms with Crippen LogP contribution in [-0.4, -0.2) is 43.7 Å². The van der Waals surface area contributed by atoms with Gasteiger partial charge in [0, 0.05) is 25.4 Å². The van der Waals surface area contributed by atoms with Gasteiger partial charge in [0.05, 0.1) is 17.3 Å². The maximum absolute atomic E-state index is 13.3. The zero-order valence-electron chi connectivity index (χ0n) is 21.2. The predicted molar refractivity (Wildman–Crippen MR) is 134 cm³/mol. The molecule has 0 fully saturated rings. The van der Waals surface area contributed by atoms with Gasteiger partial charge in [0.2, 0.25) is 5.91 Å². The number of carbonyl (C=O) groups is 3. The maximum atomic E-state index is 13.3. The van der Waals surface area contributed by atoms with E-state index in [2.05, 4.69) is 10.3 Å². The molecule has 1 heterocycles. The molecule has 1 aromatic heterocycles. The highest BCUT2D eigenvalue weighted by molar-refractivity contribution is 5.93. The summed E-state index contributed by atoms with van der Waals surface area (Å²) in [5.41, 5.74) is 2.21. The predicted octanol–water partition coefficient (Wildman–Crippen LogP) is 4.23. The molecule has 0 radical (unpaired) electrons. The first-order chi connectivity index (χ1) is 18.5. The molecular weight excluding hydrogens is 517 g/mol. The van der Waals surface area contributed by atoms with E-state index in [9.17, 15) is 27.6 Å². The van der Waals surface area contributed by atoms with E-state index in [1.54, 1.807) is 16.7 Å². The number of aromatic carboxylic acids is 1. The lowest BCUT2D eigenvalue weighted by Crippen LogP contribution is -2.41. The lowest BCUT2D eigenvalue weighted by molar-refractivity contribution is -0.137. The number of halogens is 3. The molecule has 2 aromatic carbocycles. The summed E-state index contributed by atoms with van der Waals surface area (Å²) >= 11 is 0. The van der Waals surface area contributed by atoms with Crippen molar-refractivity contribution >= 4 is 17.8 Å². The summed E-state index contributed by atoms with van der Waals surface area (Å²) in [6, 6.07) is 9.76. The lowest BCUT2D eigenvalue weighted by atomic mass is 10.0. The van der Waals surface area contributed by atoms with Crippen LogP contribution in [0.25, 0.3) is 0 Å². The molecule has 0 aliphatic rings. The molecule has 0 saturated carbocycles. The van der Waals surface area contributed by atoms with Gasteiger partial charge in [-0.25, -0.2) is 15.3 Å². The van der Waals surface area contributed by atoms with E-state index in [4.69, 9.17) is 10.3 Å². The van der Waals surface area contributed by atoms with Gasteiger partial charge in [0.25, 0.3) is 5.91 Å². The number of amides is 2. The number of aryl methyl sites for hydroxylation is 1. The highest BCUT2D eigenvalue weighted by Gasteiger charge is 2.30. The van der Waals surface area contributed by atoms with Gasteiger partial charge in [-0.3, -0.25) is 14.8 Å². The van der Waals surface area contributed by atoms with E-state index in [1.807, 2.05) is 6.92 Å². The van der Waals surface area contributed by atoms with Crippen molar-refractivity contribution in [3.63, 3.8) is 0 Å². The first-order valence-corrected chi connectivity index (χ1v) is 12.3. The summed E-state index contributed by atoms with van der Waals surface area (Å²) in [7, 11) is 0. The zero-order valence-corrected chi connectivity index (χ0v) is 21.2. The number of aromatic nitrogens is 2. The van der Waals surface area contributed by atoms with Crippen molar-refractivity contribution in [3.05, 3.63) is 88.5 Å². The summed E-state index contributed by atoms with van der Waals surface area (Å²) in [5, 5.41) is 20.9. The molecule has 3 rings (SSSR count). The van der Waals surface area contributed by atoms with Gasteiger partial charge in [-0.1, -0.05) is 37.6 Å². The Kier molecular flexibility index (Phi) is 9.83. The Hall–Kier alpha value is -4.19. The van der Waals surface area contributed by atoms with E-state index >= 15 is 0 Å². The number of hydrogen-bond acceptors (Lipinski definition) is 5. The second-order valence-corrected chi connectivity index (χ2v) is 9.06. The summed E-state index contributed by atoms with van der Waals surface area (Å²) in [6.45, 7) is 2.26. The minimum absolute atomic E-state index is 0.0325. The van der Waals surface area contributed by atoms with E-state index in [1.165, 1.54) is 35.9 Å². The SMILES string of the molecule is CCCCc1ncc(C(=O)N[C@@H](CC(=O)NO)Cc2ccc(C(F)(F)F)cc2)n1Cc1ccc(C(=O)O)cc1. The third-order valence-electron chi connectivity index (χ3n) is 6.12. The number of rotatable bonds is 12. The van der Waals surface area contributed by atoms with Crippen molar-refractivity contribution in [2.24, 2.45) is 0 Å². The Balaban J connectivity index is 1.85. The average Bonchev–Trinajstić information content (AvgIpc) is 3.29. The quantitative estimate of drug-likeness (QED) is 0.199. The van der Waals surface area contributed by atoms with Crippen molar-refractivity contribution in [2.45, 2.75) is 57.8 Å². The standard InChI is InChI=1S/C27H29F3N4O5/c1-2-3-4-23-31-15-22(34(23)16-18-5-9-19(10-6-18)26(37)38)25(36)32-21(14-24(35)33-39)13-17-7-11-20(12-8-17)27(28,29)30/h5-12,15,21,39H,2-4,13-14,16H2,1H3,(H,32,36)(H,33,35)(H,37,38)/t21-/m1/s1. The van der Waals surface area contributed by atoms with Crippen molar-refractivity contribution < 1.29 is 37.9 Å². The fourth-order valence-corrected chi connectivity index (χ4v) is 4.06. The minimum atomic E-state index is -4.50. The van der Waals surface area contributed by atoms with E-state index < -0.39 is 35.6 Å². The number of imidazole rings is 1. The molecule has 208 valence electrons. The fourth-order valence-electron chi connectivity index (χ4n) is 4.06. The molecule has 12 heteroatoms. The number of hydrogen-bond donors (Lipinski definition) is 4. The number of benzene rings is 2. The molecule has 4 N–H and O–H groups in total. The molecule has 0 bridgehead atoms. The monoisotopic (exact) mass is 546 g/mol. The second kappa shape index (κ2) is 13.1. The first kappa shape index (κ1) is 29.4. The number of carboxylic acid groups (broad SMARTS) is 1. The molecule has 1 atom stereocenters. The molecule has 2 amide bonds. The molecule has 0 unspecified atom stereocenters. The van der Waals surface area contributed by atoms with Crippen LogP contribution < -0.4 is 10.8 Å². The van der Waals surface area contributed by atoms with Crippen molar-refractivity contribution in [3.8, 4) is 0 Å².